The zero-order valence-electron chi connectivity index (χ0n) is 6.63. The molecule has 0 aromatic carbocycles. The lowest BCUT2D eigenvalue weighted by molar-refractivity contribution is 0.487. The molecule has 0 radical (unpaired) electrons. The molecule has 0 unspecified atom stereocenters. The van der Waals surface area contributed by atoms with Crippen LogP contribution in [0.25, 0.3) is 0 Å². The van der Waals surface area contributed by atoms with E-state index in [9.17, 15) is 8.42 Å². The Hall–Kier alpha value is -0.170. The third-order valence-electron chi connectivity index (χ3n) is 1.30. The molecule has 0 saturated heterocycles. The van der Waals surface area contributed by atoms with E-state index in [1.165, 1.54) is 0 Å². The van der Waals surface area contributed by atoms with Gasteiger partial charge in [0.15, 0.2) is 3.91 Å². The van der Waals surface area contributed by atoms with Crippen molar-refractivity contribution in [3.63, 3.8) is 0 Å². The summed E-state index contributed by atoms with van der Waals surface area (Å²) in [5.74, 6) is 0. The number of allylic oxidation sites excluding steroid dienone is 2. The standard InChI is InChI=1S/C7H8O3S3/c1-3-5-6(4-2)12-7(11-5)13(8,9)10/h3-4,7H,1-2H2,(H,8,9,10). The van der Waals surface area contributed by atoms with Crippen LogP contribution in [0, 0.1) is 0 Å². The van der Waals surface area contributed by atoms with E-state index in [2.05, 4.69) is 13.2 Å². The third kappa shape index (κ3) is 2.40. The van der Waals surface area contributed by atoms with Crippen LogP contribution < -0.4 is 0 Å². The molecule has 0 bridgehead atoms. The van der Waals surface area contributed by atoms with Gasteiger partial charge < -0.3 is 0 Å². The zero-order chi connectivity index (χ0) is 10.1. The molecule has 0 fully saturated rings. The first-order valence-electron chi connectivity index (χ1n) is 3.28. The van der Waals surface area contributed by atoms with E-state index in [1.807, 2.05) is 0 Å². The Kier molecular flexibility index (Phi) is 3.28. The van der Waals surface area contributed by atoms with Crippen molar-refractivity contribution in [2.75, 3.05) is 0 Å². The van der Waals surface area contributed by atoms with E-state index in [0.717, 1.165) is 33.3 Å². The number of rotatable bonds is 3. The SMILES string of the molecule is C=CC1=C(C=C)SC(S(=O)(=O)O)S1. The molecule has 1 aliphatic rings. The average Bonchev–Trinajstić information content (AvgIpc) is 2.45. The first-order valence-corrected chi connectivity index (χ1v) is 6.54. The summed E-state index contributed by atoms with van der Waals surface area (Å²) in [5.41, 5.74) is 0. The molecule has 0 amide bonds. The summed E-state index contributed by atoms with van der Waals surface area (Å²) >= 11 is 2.13. The van der Waals surface area contributed by atoms with Crippen molar-refractivity contribution >= 4 is 33.6 Å². The summed E-state index contributed by atoms with van der Waals surface area (Å²) in [6, 6.07) is 0. The lowest BCUT2D eigenvalue weighted by atomic mass is 10.5. The van der Waals surface area contributed by atoms with Crippen molar-refractivity contribution in [2.24, 2.45) is 0 Å². The van der Waals surface area contributed by atoms with Crippen molar-refractivity contribution in [2.45, 2.75) is 3.91 Å². The molecule has 1 aliphatic heterocycles. The number of hydrogen-bond acceptors (Lipinski definition) is 4. The highest BCUT2D eigenvalue weighted by Gasteiger charge is 2.32. The summed E-state index contributed by atoms with van der Waals surface area (Å²) in [4.78, 5) is 1.48. The van der Waals surface area contributed by atoms with E-state index < -0.39 is 14.0 Å². The molecular formula is C7H8O3S3. The second-order valence-electron chi connectivity index (χ2n) is 2.18. The lowest BCUT2D eigenvalue weighted by Crippen LogP contribution is -2.09. The Bertz CT molecular complexity index is 346. The normalized spacial score (nSPS) is 19.2. The smallest absolute Gasteiger partial charge is 0.284 e. The maximum atomic E-state index is 10.8. The summed E-state index contributed by atoms with van der Waals surface area (Å²) in [7, 11) is -4.00. The molecule has 0 saturated carbocycles. The van der Waals surface area contributed by atoms with Crippen LogP contribution in [0.4, 0.5) is 0 Å². The van der Waals surface area contributed by atoms with Gasteiger partial charge in [-0.25, -0.2) is 0 Å². The highest BCUT2D eigenvalue weighted by Crippen LogP contribution is 2.48. The van der Waals surface area contributed by atoms with E-state index in [1.54, 1.807) is 12.2 Å². The fourth-order valence-corrected chi connectivity index (χ4v) is 4.47. The van der Waals surface area contributed by atoms with Gasteiger partial charge in [0.1, 0.15) is 0 Å². The molecular weight excluding hydrogens is 228 g/mol. The molecule has 0 aliphatic carbocycles. The first kappa shape index (κ1) is 10.9. The van der Waals surface area contributed by atoms with Crippen LogP contribution in [-0.2, 0) is 10.1 Å². The molecule has 13 heavy (non-hydrogen) atoms. The summed E-state index contributed by atoms with van der Waals surface area (Å²) < 4.78 is 29.4. The van der Waals surface area contributed by atoms with Crippen LogP contribution >= 0.6 is 23.5 Å². The fraction of sp³-hybridized carbons (Fsp3) is 0.143. The third-order valence-corrected chi connectivity index (χ3v) is 6.20. The van der Waals surface area contributed by atoms with Gasteiger partial charge in [0.25, 0.3) is 10.1 Å². The van der Waals surface area contributed by atoms with Gasteiger partial charge in [-0.15, -0.1) is 0 Å². The molecule has 72 valence electrons. The summed E-state index contributed by atoms with van der Waals surface area (Å²) in [6.45, 7) is 7.08. The van der Waals surface area contributed by atoms with E-state index >= 15 is 0 Å². The van der Waals surface area contributed by atoms with Crippen LogP contribution in [0.2, 0.25) is 0 Å². The molecule has 3 nitrogen and oxygen atoms in total. The van der Waals surface area contributed by atoms with E-state index in [0.29, 0.717) is 0 Å². The molecule has 1 N–H and O–H groups in total. The topological polar surface area (TPSA) is 54.4 Å². The molecule has 1 heterocycles. The van der Waals surface area contributed by atoms with Crippen molar-refractivity contribution in [3.05, 3.63) is 35.1 Å². The largest absolute Gasteiger partial charge is 0.287 e. The monoisotopic (exact) mass is 236 g/mol. The molecule has 6 heteroatoms. The van der Waals surface area contributed by atoms with Gasteiger partial charge >= 0.3 is 0 Å². The molecule has 0 spiro atoms. The number of hydrogen-bond donors (Lipinski definition) is 1. The number of thioether (sulfide) groups is 2. The molecule has 1 rings (SSSR count). The highest BCUT2D eigenvalue weighted by molar-refractivity contribution is 8.33. The molecule has 0 aromatic rings. The average molecular weight is 236 g/mol. The predicted molar refractivity (Wildman–Crippen MR) is 57.9 cm³/mol. The Morgan fingerprint density at radius 1 is 1.23 bits per heavy atom. The van der Waals surface area contributed by atoms with Crippen LogP contribution in [0.5, 0.6) is 0 Å². The Morgan fingerprint density at radius 3 is 1.85 bits per heavy atom. The maximum absolute atomic E-state index is 10.8. The van der Waals surface area contributed by atoms with Crippen LogP contribution in [0.3, 0.4) is 0 Å². The molecule has 0 aromatic heterocycles. The van der Waals surface area contributed by atoms with Crippen molar-refractivity contribution in [1.82, 2.24) is 0 Å². The Morgan fingerprint density at radius 2 is 1.62 bits per heavy atom. The second-order valence-corrected chi connectivity index (χ2v) is 6.87. The van der Waals surface area contributed by atoms with Gasteiger partial charge in [0, 0.05) is 9.81 Å². The van der Waals surface area contributed by atoms with E-state index in [-0.39, 0.29) is 0 Å². The minimum absolute atomic E-state index is 0.739. The van der Waals surface area contributed by atoms with Crippen LogP contribution in [0.15, 0.2) is 35.1 Å². The first-order chi connectivity index (χ1) is 5.99. The minimum Gasteiger partial charge on any atom is -0.284 e. The van der Waals surface area contributed by atoms with Gasteiger partial charge in [-0.3, -0.25) is 4.55 Å². The Labute approximate surface area is 85.7 Å². The summed E-state index contributed by atoms with van der Waals surface area (Å²) in [5, 5.41) is 0. The summed E-state index contributed by atoms with van der Waals surface area (Å²) in [6.07, 6.45) is 3.11. The van der Waals surface area contributed by atoms with Crippen molar-refractivity contribution in [3.8, 4) is 0 Å². The highest BCUT2D eigenvalue weighted by atomic mass is 32.3. The van der Waals surface area contributed by atoms with Gasteiger partial charge in [0.2, 0.25) is 0 Å². The van der Waals surface area contributed by atoms with Crippen molar-refractivity contribution < 1.29 is 13.0 Å². The van der Waals surface area contributed by atoms with Gasteiger partial charge in [-0.2, -0.15) is 8.42 Å². The Balaban J connectivity index is 2.91. The second kappa shape index (κ2) is 3.91. The van der Waals surface area contributed by atoms with Gasteiger partial charge in [-0.1, -0.05) is 48.8 Å². The fourth-order valence-electron chi connectivity index (χ4n) is 0.767. The van der Waals surface area contributed by atoms with Crippen molar-refractivity contribution in [1.29, 1.82) is 0 Å². The zero-order valence-corrected chi connectivity index (χ0v) is 9.08. The lowest BCUT2D eigenvalue weighted by Gasteiger charge is -2.02. The maximum Gasteiger partial charge on any atom is 0.287 e. The van der Waals surface area contributed by atoms with Crippen LogP contribution in [0.1, 0.15) is 0 Å². The van der Waals surface area contributed by atoms with Gasteiger partial charge in [-0.05, 0) is 0 Å². The predicted octanol–water partition coefficient (Wildman–Crippen LogP) is 2.22. The van der Waals surface area contributed by atoms with Gasteiger partial charge in [0.05, 0.1) is 0 Å². The molecule has 0 atom stereocenters. The quantitative estimate of drug-likeness (QED) is 0.761. The van der Waals surface area contributed by atoms with Crippen LogP contribution in [-0.4, -0.2) is 16.9 Å². The minimum atomic E-state index is -4.00. The van der Waals surface area contributed by atoms with E-state index in [4.69, 9.17) is 4.55 Å².